The molecule has 2 atom stereocenters. The Morgan fingerprint density at radius 2 is 1.92 bits per heavy atom. The predicted octanol–water partition coefficient (Wildman–Crippen LogP) is 4.52. The first-order chi connectivity index (χ1) is 6.18. The van der Waals surface area contributed by atoms with E-state index in [-0.39, 0.29) is 0 Å². The Morgan fingerprint density at radius 3 is 2.46 bits per heavy atom. The van der Waals surface area contributed by atoms with E-state index in [4.69, 9.17) is 0 Å². The standard InChI is InChI=1S/C12H21Br/c1-12(7-6-11(13)9-12)8-10-4-2-3-5-10/h10-11H,2-9H2,1H3. The van der Waals surface area contributed by atoms with Gasteiger partial charge in [0.2, 0.25) is 0 Å². The maximum absolute atomic E-state index is 3.76. The second-order valence-corrected chi connectivity index (χ2v) is 6.80. The van der Waals surface area contributed by atoms with Gasteiger partial charge in [0.1, 0.15) is 0 Å². The monoisotopic (exact) mass is 244 g/mol. The van der Waals surface area contributed by atoms with E-state index in [2.05, 4.69) is 22.9 Å². The van der Waals surface area contributed by atoms with Gasteiger partial charge < -0.3 is 0 Å². The lowest BCUT2D eigenvalue weighted by atomic mass is 9.79. The van der Waals surface area contributed by atoms with Crippen molar-refractivity contribution in [1.29, 1.82) is 0 Å². The van der Waals surface area contributed by atoms with Crippen molar-refractivity contribution in [3.8, 4) is 0 Å². The molecule has 0 aromatic heterocycles. The minimum Gasteiger partial charge on any atom is -0.0890 e. The molecule has 0 spiro atoms. The minimum atomic E-state index is 0.684. The first-order valence-corrected chi connectivity index (χ1v) is 6.74. The summed E-state index contributed by atoms with van der Waals surface area (Å²) in [7, 11) is 0. The summed E-state index contributed by atoms with van der Waals surface area (Å²) in [6.45, 7) is 2.51. The summed E-state index contributed by atoms with van der Waals surface area (Å²) >= 11 is 3.76. The fourth-order valence-corrected chi connectivity index (χ4v) is 4.35. The Bertz CT molecular complexity index is 172. The zero-order valence-electron chi connectivity index (χ0n) is 8.69. The molecular weight excluding hydrogens is 224 g/mol. The quantitative estimate of drug-likeness (QED) is 0.627. The van der Waals surface area contributed by atoms with Crippen LogP contribution < -0.4 is 0 Å². The fraction of sp³-hybridized carbons (Fsp3) is 1.00. The summed E-state index contributed by atoms with van der Waals surface area (Å²) in [5.74, 6) is 1.07. The molecule has 2 aliphatic rings. The van der Waals surface area contributed by atoms with Crippen molar-refractivity contribution in [1.82, 2.24) is 0 Å². The van der Waals surface area contributed by atoms with E-state index in [1.165, 1.54) is 51.4 Å². The maximum Gasteiger partial charge on any atom is 0.0151 e. The molecule has 0 amide bonds. The van der Waals surface area contributed by atoms with Gasteiger partial charge in [0.05, 0.1) is 0 Å². The van der Waals surface area contributed by atoms with Crippen LogP contribution in [0.4, 0.5) is 0 Å². The lowest BCUT2D eigenvalue weighted by Gasteiger charge is -2.27. The zero-order chi connectivity index (χ0) is 9.31. The zero-order valence-corrected chi connectivity index (χ0v) is 10.3. The lowest BCUT2D eigenvalue weighted by molar-refractivity contribution is 0.249. The summed E-state index contributed by atoms with van der Waals surface area (Å²) < 4.78 is 0. The molecule has 0 nitrogen and oxygen atoms in total. The molecule has 0 heterocycles. The molecule has 0 aromatic rings. The number of rotatable bonds is 2. The summed E-state index contributed by atoms with van der Waals surface area (Å²) in [5, 5.41) is 0. The molecule has 0 N–H and O–H groups in total. The molecular formula is C12H21Br. The van der Waals surface area contributed by atoms with Crippen molar-refractivity contribution in [3.63, 3.8) is 0 Å². The van der Waals surface area contributed by atoms with Crippen molar-refractivity contribution in [2.75, 3.05) is 0 Å². The molecule has 76 valence electrons. The van der Waals surface area contributed by atoms with Crippen molar-refractivity contribution in [3.05, 3.63) is 0 Å². The first-order valence-electron chi connectivity index (χ1n) is 5.82. The molecule has 0 aliphatic heterocycles. The average Bonchev–Trinajstić information content (AvgIpc) is 2.62. The van der Waals surface area contributed by atoms with Gasteiger partial charge in [0, 0.05) is 4.83 Å². The summed E-state index contributed by atoms with van der Waals surface area (Å²) in [4.78, 5) is 0.818. The van der Waals surface area contributed by atoms with Gasteiger partial charge in [-0.15, -0.1) is 0 Å². The van der Waals surface area contributed by atoms with Crippen LogP contribution in [0, 0.1) is 11.3 Å². The van der Waals surface area contributed by atoms with E-state index in [1.807, 2.05) is 0 Å². The number of hydrogen-bond donors (Lipinski definition) is 0. The molecule has 2 unspecified atom stereocenters. The smallest absolute Gasteiger partial charge is 0.0151 e. The summed E-state index contributed by atoms with van der Waals surface area (Å²) in [6, 6.07) is 0. The van der Waals surface area contributed by atoms with Gasteiger partial charge >= 0.3 is 0 Å². The second-order valence-electron chi connectivity index (χ2n) is 5.51. The lowest BCUT2D eigenvalue weighted by Crippen LogP contribution is -2.16. The van der Waals surface area contributed by atoms with Crippen LogP contribution in [0.25, 0.3) is 0 Å². The van der Waals surface area contributed by atoms with Gasteiger partial charge in [-0.3, -0.25) is 0 Å². The topological polar surface area (TPSA) is 0 Å². The first kappa shape index (κ1) is 10.0. The molecule has 0 bridgehead atoms. The van der Waals surface area contributed by atoms with Crippen LogP contribution in [0.1, 0.15) is 58.3 Å². The summed E-state index contributed by atoms with van der Waals surface area (Å²) in [5.41, 5.74) is 0.684. The highest BCUT2D eigenvalue weighted by Crippen LogP contribution is 2.47. The van der Waals surface area contributed by atoms with Crippen molar-refractivity contribution in [2.24, 2.45) is 11.3 Å². The van der Waals surface area contributed by atoms with Crippen LogP contribution in [0.15, 0.2) is 0 Å². The molecule has 0 radical (unpaired) electrons. The van der Waals surface area contributed by atoms with E-state index in [9.17, 15) is 0 Å². The predicted molar refractivity (Wildman–Crippen MR) is 61.2 cm³/mol. The highest BCUT2D eigenvalue weighted by Gasteiger charge is 2.36. The van der Waals surface area contributed by atoms with E-state index < -0.39 is 0 Å². The van der Waals surface area contributed by atoms with Gasteiger partial charge in [-0.1, -0.05) is 48.5 Å². The molecule has 2 fully saturated rings. The normalized spacial score (nSPS) is 41.5. The van der Waals surface area contributed by atoms with E-state index in [0.717, 1.165) is 10.7 Å². The largest absolute Gasteiger partial charge is 0.0890 e. The average molecular weight is 245 g/mol. The molecule has 0 saturated heterocycles. The maximum atomic E-state index is 3.76. The van der Waals surface area contributed by atoms with E-state index in [0.29, 0.717) is 5.41 Å². The summed E-state index contributed by atoms with van der Waals surface area (Å²) in [6.07, 6.45) is 11.8. The number of hydrogen-bond acceptors (Lipinski definition) is 0. The third kappa shape index (κ3) is 2.49. The Hall–Kier alpha value is 0.480. The molecule has 2 saturated carbocycles. The van der Waals surface area contributed by atoms with Gasteiger partial charge in [-0.05, 0) is 37.0 Å². The Labute approximate surface area is 90.6 Å². The van der Waals surface area contributed by atoms with Crippen LogP contribution in [0.5, 0.6) is 0 Å². The van der Waals surface area contributed by atoms with Crippen LogP contribution in [-0.2, 0) is 0 Å². The highest BCUT2D eigenvalue weighted by atomic mass is 79.9. The van der Waals surface area contributed by atoms with Crippen LogP contribution in [-0.4, -0.2) is 4.83 Å². The molecule has 13 heavy (non-hydrogen) atoms. The third-order valence-corrected chi connectivity index (χ3v) is 4.81. The molecule has 2 aliphatic carbocycles. The van der Waals surface area contributed by atoms with Gasteiger partial charge in [0.25, 0.3) is 0 Å². The molecule has 1 heteroatoms. The Morgan fingerprint density at radius 1 is 1.23 bits per heavy atom. The van der Waals surface area contributed by atoms with Gasteiger partial charge in [-0.2, -0.15) is 0 Å². The Balaban J connectivity index is 1.85. The minimum absolute atomic E-state index is 0.684. The fourth-order valence-electron chi connectivity index (χ4n) is 3.34. The van der Waals surface area contributed by atoms with Gasteiger partial charge in [-0.25, -0.2) is 0 Å². The van der Waals surface area contributed by atoms with Gasteiger partial charge in [0.15, 0.2) is 0 Å². The second kappa shape index (κ2) is 3.92. The van der Waals surface area contributed by atoms with Crippen molar-refractivity contribution < 1.29 is 0 Å². The number of alkyl halides is 1. The Kier molecular flexibility index (Phi) is 3.02. The van der Waals surface area contributed by atoms with Crippen LogP contribution in [0.3, 0.4) is 0 Å². The van der Waals surface area contributed by atoms with E-state index in [1.54, 1.807) is 0 Å². The van der Waals surface area contributed by atoms with E-state index >= 15 is 0 Å². The van der Waals surface area contributed by atoms with Crippen LogP contribution in [0.2, 0.25) is 0 Å². The van der Waals surface area contributed by atoms with Crippen LogP contribution >= 0.6 is 15.9 Å². The van der Waals surface area contributed by atoms with Crippen molar-refractivity contribution >= 4 is 15.9 Å². The van der Waals surface area contributed by atoms with Crippen molar-refractivity contribution in [2.45, 2.75) is 63.1 Å². The third-order valence-electron chi connectivity index (χ3n) is 4.03. The SMILES string of the molecule is CC1(CC2CCCC2)CCC(Br)C1. The molecule has 2 rings (SSSR count). The highest BCUT2D eigenvalue weighted by molar-refractivity contribution is 9.09. The molecule has 0 aromatic carbocycles. The number of halogens is 1.